The first-order valence-electron chi connectivity index (χ1n) is 12.7. The van der Waals surface area contributed by atoms with Crippen molar-refractivity contribution in [2.45, 2.75) is 82.5 Å². The molecule has 2 atom stereocenters. The number of hydrogen-bond donors (Lipinski definition) is 1. The number of aliphatic carboxylic acids is 1. The molecule has 0 aromatic carbocycles. The molecule has 1 amide bonds. The van der Waals surface area contributed by atoms with E-state index < -0.39 is 35.6 Å². The molecule has 2 fully saturated rings. The molecule has 0 aliphatic heterocycles. The molecule has 0 spiro atoms. The highest BCUT2D eigenvalue weighted by molar-refractivity contribution is 5.77. The number of aryl methyl sites for hydroxylation is 2. The van der Waals surface area contributed by atoms with Gasteiger partial charge < -0.3 is 14.7 Å². The Morgan fingerprint density at radius 3 is 2.57 bits per heavy atom. The molecular weight excluding hydrogens is 491 g/mol. The van der Waals surface area contributed by atoms with Gasteiger partial charge in [-0.3, -0.25) is 9.59 Å². The highest BCUT2D eigenvalue weighted by atomic mass is 19.4. The molecule has 2 aromatic heterocycles. The van der Waals surface area contributed by atoms with Gasteiger partial charge in [-0.2, -0.15) is 13.2 Å². The van der Waals surface area contributed by atoms with Gasteiger partial charge in [-0.1, -0.05) is 18.1 Å². The molecule has 2 heterocycles. The number of alkyl halides is 3. The molecule has 0 radical (unpaired) electrons. The molecule has 12 heteroatoms. The van der Waals surface area contributed by atoms with Gasteiger partial charge in [0, 0.05) is 33.0 Å². The summed E-state index contributed by atoms with van der Waals surface area (Å²) >= 11 is 0. The van der Waals surface area contributed by atoms with Crippen LogP contribution in [-0.4, -0.2) is 61.1 Å². The Balaban J connectivity index is 1.54. The second kappa shape index (κ2) is 11.1. The van der Waals surface area contributed by atoms with Crippen molar-refractivity contribution < 1.29 is 32.6 Å². The summed E-state index contributed by atoms with van der Waals surface area (Å²) in [4.78, 5) is 29.7. The number of carboxylic acid groups (broad SMARTS) is 1. The maximum atomic E-state index is 14.0. The lowest BCUT2D eigenvalue weighted by atomic mass is 9.87. The first-order chi connectivity index (χ1) is 17.5. The average Bonchev–Trinajstić information content (AvgIpc) is 3.52. The van der Waals surface area contributed by atoms with Crippen LogP contribution in [0.25, 0.3) is 11.4 Å². The smallest absolute Gasteiger partial charge is 0.437 e. The maximum Gasteiger partial charge on any atom is 0.437 e. The molecular formula is C25H32F3N5O4. The lowest BCUT2D eigenvalue weighted by Gasteiger charge is -2.28. The molecule has 202 valence electrons. The van der Waals surface area contributed by atoms with E-state index in [1.54, 1.807) is 19.0 Å². The second-order valence-corrected chi connectivity index (χ2v) is 9.93. The van der Waals surface area contributed by atoms with E-state index in [0.717, 1.165) is 25.7 Å². The largest absolute Gasteiger partial charge is 0.488 e. The molecule has 0 unspecified atom stereocenters. The van der Waals surface area contributed by atoms with Gasteiger partial charge in [0.15, 0.2) is 11.4 Å². The van der Waals surface area contributed by atoms with Crippen LogP contribution in [0.5, 0.6) is 5.75 Å². The number of ether oxygens (including phenoxy) is 1. The van der Waals surface area contributed by atoms with Crippen molar-refractivity contribution in [3.63, 3.8) is 0 Å². The molecule has 2 aromatic rings. The van der Waals surface area contributed by atoms with E-state index in [9.17, 15) is 27.9 Å². The maximum absolute atomic E-state index is 14.0. The van der Waals surface area contributed by atoms with Crippen LogP contribution >= 0.6 is 0 Å². The Kier molecular flexibility index (Phi) is 8.03. The summed E-state index contributed by atoms with van der Waals surface area (Å²) in [5.41, 5.74) is -0.476. The van der Waals surface area contributed by atoms with Gasteiger partial charge in [0.1, 0.15) is 5.69 Å². The molecule has 4 rings (SSSR count). The van der Waals surface area contributed by atoms with E-state index in [0.29, 0.717) is 30.7 Å². The van der Waals surface area contributed by atoms with Crippen LogP contribution in [-0.2, 0) is 29.2 Å². The fourth-order valence-electron chi connectivity index (χ4n) is 5.31. The van der Waals surface area contributed by atoms with Crippen molar-refractivity contribution in [3.05, 3.63) is 23.5 Å². The summed E-state index contributed by atoms with van der Waals surface area (Å²) < 4.78 is 49.0. The summed E-state index contributed by atoms with van der Waals surface area (Å²) in [5, 5.41) is 17.3. The number of pyridine rings is 1. The Labute approximate surface area is 213 Å². The van der Waals surface area contributed by atoms with Gasteiger partial charge in [-0.15, -0.1) is 5.10 Å². The number of carbonyl (C=O) groups is 2. The van der Waals surface area contributed by atoms with Crippen LogP contribution in [0.3, 0.4) is 0 Å². The number of carbonyl (C=O) groups excluding carboxylic acids is 1. The van der Waals surface area contributed by atoms with Crippen molar-refractivity contribution in [2.75, 3.05) is 7.05 Å². The molecule has 0 saturated heterocycles. The quantitative estimate of drug-likeness (QED) is 0.551. The number of amides is 1. The zero-order chi connectivity index (χ0) is 26.7. The van der Waals surface area contributed by atoms with Crippen LogP contribution in [0.4, 0.5) is 13.2 Å². The monoisotopic (exact) mass is 523 g/mol. The van der Waals surface area contributed by atoms with Gasteiger partial charge in [0.25, 0.3) is 0 Å². The summed E-state index contributed by atoms with van der Waals surface area (Å²) in [7, 11) is 3.35. The SMILES string of the molecule is CN(C(=O)CCc1nnn(C)c1-c1ccc(O[C@H]2CCC[C@H](C(=O)O)C2)c(C(F)(F)F)n1)C1CCCC1. The number of rotatable bonds is 8. The van der Waals surface area contributed by atoms with Crippen molar-refractivity contribution >= 4 is 11.9 Å². The summed E-state index contributed by atoms with van der Waals surface area (Å²) in [6.45, 7) is 0. The van der Waals surface area contributed by atoms with E-state index in [-0.39, 0.29) is 36.9 Å². The van der Waals surface area contributed by atoms with E-state index in [2.05, 4.69) is 15.3 Å². The lowest BCUT2D eigenvalue weighted by molar-refractivity contribution is -0.146. The van der Waals surface area contributed by atoms with Crippen LogP contribution in [0.2, 0.25) is 0 Å². The van der Waals surface area contributed by atoms with Crippen molar-refractivity contribution in [3.8, 4) is 17.1 Å². The molecule has 2 saturated carbocycles. The minimum Gasteiger partial charge on any atom is -0.488 e. The number of halogens is 3. The standard InChI is InChI=1S/C25H32F3N5O4/c1-32(16-7-3-4-8-16)21(34)13-11-19-22(33(2)31-30-19)18-10-12-20(23(29-18)25(26,27)28)37-17-9-5-6-15(14-17)24(35)36/h10,12,15-17H,3-9,11,13-14H2,1-2H3,(H,35,36)/t15-,17-/m0/s1. The van der Waals surface area contributed by atoms with E-state index in [4.69, 9.17) is 4.74 Å². The Bertz CT molecular complexity index is 1130. The first kappa shape index (κ1) is 26.9. The van der Waals surface area contributed by atoms with Crippen molar-refractivity contribution in [2.24, 2.45) is 13.0 Å². The predicted molar refractivity (Wildman–Crippen MR) is 127 cm³/mol. The van der Waals surface area contributed by atoms with Gasteiger partial charge in [0.2, 0.25) is 5.91 Å². The minimum absolute atomic E-state index is 0.0193. The molecule has 2 aliphatic carbocycles. The predicted octanol–water partition coefficient (Wildman–Crippen LogP) is 4.25. The Morgan fingerprint density at radius 2 is 1.89 bits per heavy atom. The highest BCUT2D eigenvalue weighted by Crippen LogP contribution is 2.38. The second-order valence-electron chi connectivity index (χ2n) is 9.93. The van der Waals surface area contributed by atoms with Crippen LogP contribution in [0.1, 0.15) is 69.2 Å². The van der Waals surface area contributed by atoms with Gasteiger partial charge in [-0.25, -0.2) is 9.67 Å². The summed E-state index contributed by atoms with van der Waals surface area (Å²) in [6.07, 6.45) is 0.783. The van der Waals surface area contributed by atoms with Crippen LogP contribution in [0.15, 0.2) is 12.1 Å². The van der Waals surface area contributed by atoms with Gasteiger partial charge in [0.05, 0.1) is 23.4 Å². The number of hydrogen-bond acceptors (Lipinski definition) is 6. The topological polar surface area (TPSA) is 110 Å². The van der Waals surface area contributed by atoms with Crippen LogP contribution in [0, 0.1) is 5.92 Å². The fraction of sp³-hybridized carbons (Fsp3) is 0.640. The van der Waals surface area contributed by atoms with E-state index in [1.165, 1.54) is 16.8 Å². The molecule has 0 bridgehead atoms. The fourth-order valence-corrected chi connectivity index (χ4v) is 5.31. The number of nitrogens with zero attached hydrogens (tertiary/aromatic N) is 5. The molecule has 1 N–H and O–H groups in total. The van der Waals surface area contributed by atoms with E-state index in [1.807, 2.05) is 0 Å². The summed E-state index contributed by atoms with van der Waals surface area (Å²) in [6, 6.07) is 2.86. The minimum atomic E-state index is -4.79. The normalized spacial score (nSPS) is 20.7. The van der Waals surface area contributed by atoms with E-state index >= 15 is 0 Å². The lowest BCUT2D eigenvalue weighted by Crippen LogP contribution is -2.35. The first-order valence-corrected chi connectivity index (χ1v) is 12.7. The Morgan fingerprint density at radius 1 is 1.16 bits per heavy atom. The van der Waals surface area contributed by atoms with Gasteiger partial charge >= 0.3 is 12.1 Å². The van der Waals surface area contributed by atoms with Crippen molar-refractivity contribution in [1.29, 1.82) is 0 Å². The zero-order valence-electron chi connectivity index (χ0n) is 21.0. The summed E-state index contributed by atoms with van der Waals surface area (Å²) in [5.74, 6) is -2.08. The average molecular weight is 524 g/mol. The molecule has 37 heavy (non-hydrogen) atoms. The molecule has 2 aliphatic rings. The third-order valence-corrected chi connectivity index (χ3v) is 7.38. The number of carboxylic acids is 1. The third-order valence-electron chi connectivity index (χ3n) is 7.38. The van der Waals surface area contributed by atoms with Crippen LogP contribution < -0.4 is 4.74 Å². The highest BCUT2D eigenvalue weighted by Gasteiger charge is 2.39. The zero-order valence-corrected chi connectivity index (χ0v) is 21.0. The third kappa shape index (κ3) is 6.22. The van der Waals surface area contributed by atoms with Gasteiger partial charge in [-0.05, 0) is 50.7 Å². The molecule has 9 nitrogen and oxygen atoms in total. The van der Waals surface area contributed by atoms with Crippen molar-refractivity contribution in [1.82, 2.24) is 24.9 Å². The Hall–Kier alpha value is -3.18. The number of aromatic nitrogens is 4.